The Labute approximate surface area is 86.1 Å². The highest BCUT2D eigenvalue weighted by atomic mass is 32.1. The molecule has 0 radical (unpaired) electrons. The van der Waals surface area contributed by atoms with E-state index in [1.54, 1.807) is 0 Å². The van der Waals surface area contributed by atoms with Gasteiger partial charge < -0.3 is 0 Å². The molecule has 0 amide bonds. The van der Waals surface area contributed by atoms with Gasteiger partial charge in [-0.25, -0.2) is 0 Å². The molecule has 0 heterocycles. The molecule has 0 N–H and O–H groups in total. The fourth-order valence-corrected chi connectivity index (χ4v) is 1.44. The Morgan fingerprint density at radius 3 is 2.69 bits per heavy atom. The molecule has 0 nitrogen and oxygen atoms in total. The maximum absolute atomic E-state index is 4.48. The molecule has 0 saturated heterocycles. The smallest absolute Gasteiger partial charge is 0.0104 e. The Kier molecular flexibility index (Phi) is 3.61. The van der Waals surface area contributed by atoms with Crippen molar-refractivity contribution in [3.05, 3.63) is 41.0 Å². The third-order valence-electron chi connectivity index (χ3n) is 2.05. The van der Waals surface area contributed by atoms with E-state index in [-0.39, 0.29) is 0 Å². The highest BCUT2D eigenvalue weighted by molar-refractivity contribution is 7.80. The van der Waals surface area contributed by atoms with Crippen molar-refractivity contribution in [1.82, 2.24) is 0 Å². The van der Waals surface area contributed by atoms with E-state index in [1.807, 2.05) is 0 Å². The largest absolute Gasteiger partial charge is 0.143 e. The number of hydrogen-bond acceptors (Lipinski definition) is 1. The van der Waals surface area contributed by atoms with Gasteiger partial charge in [0.1, 0.15) is 0 Å². The standard InChI is InChI=1S/C12H16S/c1-9(2)7-8-11-6-4-5-10(3)12(11)13/h4-7,13H,8H2,1-3H3. The van der Waals surface area contributed by atoms with Crippen LogP contribution in [-0.4, -0.2) is 0 Å². The van der Waals surface area contributed by atoms with Gasteiger partial charge in [0.25, 0.3) is 0 Å². The summed E-state index contributed by atoms with van der Waals surface area (Å²) in [6, 6.07) is 6.31. The van der Waals surface area contributed by atoms with E-state index in [1.165, 1.54) is 16.7 Å². The van der Waals surface area contributed by atoms with Crippen molar-refractivity contribution in [3.8, 4) is 0 Å². The fraction of sp³-hybridized carbons (Fsp3) is 0.333. The van der Waals surface area contributed by atoms with Gasteiger partial charge in [-0.05, 0) is 38.3 Å². The Morgan fingerprint density at radius 2 is 2.08 bits per heavy atom. The summed E-state index contributed by atoms with van der Waals surface area (Å²) in [5.74, 6) is 0. The minimum absolute atomic E-state index is 0.989. The van der Waals surface area contributed by atoms with Gasteiger partial charge in [0.05, 0.1) is 0 Å². The van der Waals surface area contributed by atoms with Crippen molar-refractivity contribution >= 4 is 12.6 Å². The van der Waals surface area contributed by atoms with Gasteiger partial charge in [0.2, 0.25) is 0 Å². The van der Waals surface area contributed by atoms with Crippen LogP contribution in [0.4, 0.5) is 0 Å². The molecule has 0 aliphatic heterocycles. The number of rotatable bonds is 2. The van der Waals surface area contributed by atoms with E-state index in [9.17, 15) is 0 Å². The summed E-state index contributed by atoms with van der Waals surface area (Å²) >= 11 is 4.48. The highest BCUT2D eigenvalue weighted by Gasteiger charge is 1.98. The van der Waals surface area contributed by atoms with Crippen LogP contribution in [0.5, 0.6) is 0 Å². The van der Waals surface area contributed by atoms with Crippen LogP contribution in [0.15, 0.2) is 34.7 Å². The first kappa shape index (κ1) is 10.4. The van der Waals surface area contributed by atoms with E-state index in [4.69, 9.17) is 0 Å². The SMILES string of the molecule is CC(C)=CCc1cccc(C)c1S. The summed E-state index contributed by atoms with van der Waals surface area (Å²) in [6.45, 7) is 6.33. The second-order valence-corrected chi connectivity index (χ2v) is 4.02. The lowest BCUT2D eigenvalue weighted by atomic mass is 10.1. The minimum atomic E-state index is 0.989. The summed E-state index contributed by atoms with van der Waals surface area (Å²) < 4.78 is 0. The monoisotopic (exact) mass is 192 g/mol. The van der Waals surface area contributed by atoms with E-state index < -0.39 is 0 Å². The number of benzene rings is 1. The predicted molar refractivity (Wildman–Crippen MR) is 61.6 cm³/mol. The summed E-state index contributed by atoms with van der Waals surface area (Å²) in [5, 5.41) is 0. The second kappa shape index (κ2) is 4.52. The lowest BCUT2D eigenvalue weighted by Gasteiger charge is -2.04. The lowest BCUT2D eigenvalue weighted by Crippen LogP contribution is -1.87. The molecule has 0 aromatic heterocycles. The Balaban J connectivity index is 2.89. The van der Waals surface area contributed by atoms with Gasteiger partial charge in [-0.3, -0.25) is 0 Å². The van der Waals surface area contributed by atoms with E-state index in [2.05, 4.69) is 57.7 Å². The Bertz CT molecular complexity index is 320. The fourth-order valence-electron chi connectivity index (χ4n) is 1.20. The summed E-state index contributed by atoms with van der Waals surface area (Å²) in [6.07, 6.45) is 3.22. The van der Waals surface area contributed by atoms with Crippen LogP contribution in [0.1, 0.15) is 25.0 Å². The molecule has 0 bridgehead atoms. The first-order valence-corrected chi connectivity index (χ1v) is 4.97. The zero-order valence-electron chi connectivity index (χ0n) is 8.46. The summed E-state index contributed by atoms with van der Waals surface area (Å²) in [4.78, 5) is 1.12. The molecule has 1 aromatic rings. The number of aryl methyl sites for hydroxylation is 1. The molecule has 0 aliphatic rings. The molecule has 0 unspecified atom stereocenters. The van der Waals surface area contributed by atoms with Gasteiger partial charge >= 0.3 is 0 Å². The summed E-state index contributed by atoms with van der Waals surface area (Å²) in [7, 11) is 0. The quantitative estimate of drug-likeness (QED) is 0.535. The first-order chi connectivity index (χ1) is 6.11. The van der Waals surface area contributed by atoms with Crippen LogP contribution >= 0.6 is 12.6 Å². The first-order valence-electron chi connectivity index (χ1n) is 4.52. The lowest BCUT2D eigenvalue weighted by molar-refractivity contribution is 1.12. The molecule has 0 aliphatic carbocycles. The third-order valence-corrected chi connectivity index (χ3v) is 2.69. The molecule has 0 atom stereocenters. The van der Waals surface area contributed by atoms with Gasteiger partial charge in [0, 0.05) is 4.90 Å². The van der Waals surface area contributed by atoms with E-state index in [0.717, 1.165) is 11.3 Å². The normalized spacial score (nSPS) is 9.85. The van der Waals surface area contributed by atoms with Crippen molar-refractivity contribution in [2.45, 2.75) is 32.1 Å². The maximum Gasteiger partial charge on any atom is 0.0104 e. The number of hydrogen-bond donors (Lipinski definition) is 1. The van der Waals surface area contributed by atoms with Crippen LogP contribution in [0.3, 0.4) is 0 Å². The molecule has 13 heavy (non-hydrogen) atoms. The summed E-state index contributed by atoms with van der Waals surface area (Å²) in [5.41, 5.74) is 3.92. The number of thiol groups is 1. The van der Waals surface area contributed by atoms with Crippen LogP contribution in [0.25, 0.3) is 0 Å². The van der Waals surface area contributed by atoms with Crippen molar-refractivity contribution in [3.63, 3.8) is 0 Å². The van der Waals surface area contributed by atoms with Gasteiger partial charge in [-0.1, -0.05) is 29.8 Å². The van der Waals surface area contributed by atoms with Crippen molar-refractivity contribution in [2.24, 2.45) is 0 Å². The van der Waals surface area contributed by atoms with Gasteiger partial charge in [-0.15, -0.1) is 12.6 Å². The molecule has 0 saturated carbocycles. The van der Waals surface area contributed by atoms with Crippen molar-refractivity contribution in [1.29, 1.82) is 0 Å². The molecule has 0 fully saturated rings. The van der Waals surface area contributed by atoms with Gasteiger partial charge in [0.15, 0.2) is 0 Å². The van der Waals surface area contributed by atoms with Gasteiger partial charge in [-0.2, -0.15) is 0 Å². The van der Waals surface area contributed by atoms with E-state index in [0.29, 0.717) is 0 Å². The van der Waals surface area contributed by atoms with E-state index >= 15 is 0 Å². The van der Waals surface area contributed by atoms with Crippen molar-refractivity contribution < 1.29 is 0 Å². The molecule has 0 spiro atoms. The molecule has 1 rings (SSSR count). The zero-order valence-corrected chi connectivity index (χ0v) is 9.36. The third kappa shape index (κ3) is 2.92. The van der Waals surface area contributed by atoms with Crippen molar-refractivity contribution in [2.75, 3.05) is 0 Å². The molecular weight excluding hydrogens is 176 g/mol. The van der Waals surface area contributed by atoms with Crippen LogP contribution in [-0.2, 0) is 6.42 Å². The average molecular weight is 192 g/mol. The highest BCUT2D eigenvalue weighted by Crippen LogP contribution is 2.19. The Morgan fingerprint density at radius 1 is 1.38 bits per heavy atom. The maximum atomic E-state index is 4.48. The molecule has 1 heteroatoms. The predicted octanol–water partition coefficient (Wildman–Crippen LogP) is 3.79. The van der Waals surface area contributed by atoms with Crippen LogP contribution < -0.4 is 0 Å². The molecular formula is C12H16S. The van der Waals surface area contributed by atoms with Crippen LogP contribution in [0, 0.1) is 6.92 Å². The minimum Gasteiger partial charge on any atom is -0.143 e. The topological polar surface area (TPSA) is 0 Å². The van der Waals surface area contributed by atoms with Crippen LogP contribution in [0.2, 0.25) is 0 Å². The molecule has 70 valence electrons. The zero-order chi connectivity index (χ0) is 9.84. The molecule has 1 aromatic carbocycles. The number of allylic oxidation sites excluding steroid dienone is 2. The Hall–Kier alpha value is -0.690. The average Bonchev–Trinajstić information content (AvgIpc) is 2.07. The second-order valence-electron chi connectivity index (χ2n) is 3.57.